The van der Waals surface area contributed by atoms with Crippen LogP contribution in [0.4, 0.5) is 0 Å². The molecule has 0 N–H and O–H groups in total. The van der Waals surface area contributed by atoms with E-state index in [4.69, 9.17) is 9.15 Å². The Kier molecular flexibility index (Phi) is 5.10. The maximum atomic E-state index is 12.9. The molecule has 0 bridgehead atoms. The first-order valence-corrected chi connectivity index (χ1v) is 8.27. The van der Waals surface area contributed by atoms with Crippen molar-refractivity contribution in [1.82, 2.24) is 14.8 Å². The van der Waals surface area contributed by atoms with Crippen LogP contribution in [0.1, 0.15) is 41.9 Å². The van der Waals surface area contributed by atoms with Gasteiger partial charge in [-0.2, -0.15) is 0 Å². The molecule has 0 aliphatic carbocycles. The van der Waals surface area contributed by atoms with Crippen LogP contribution >= 0.6 is 0 Å². The molecule has 2 aliphatic heterocycles. The predicted molar refractivity (Wildman–Crippen MR) is 81.8 cm³/mol. The van der Waals surface area contributed by atoms with Gasteiger partial charge in [0.25, 0.3) is 5.91 Å². The monoisotopic (exact) mass is 307 g/mol. The van der Waals surface area contributed by atoms with Crippen LogP contribution in [0.25, 0.3) is 0 Å². The normalized spacial score (nSPS) is 20.4. The van der Waals surface area contributed by atoms with Gasteiger partial charge in [0.2, 0.25) is 5.76 Å². The van der Waals surface area contributed by atoms with Crippen LogP contribution in [0.2, 0.25) is 0 Å². The van der Waals surface area contributed by atoms with Gasteiger partial charge in [0.1, 0.15) is 0 Å². The van der Waals surface area contributed by atoms with Crippen LogP contribution < -0.4 is 0 Å². The lowest BCUT2D eigenvalue weighted by atomic mass is 10.1. The van der Waals surface area contributed by atoms with Crippen LogP contribution in [0.5, 0.6) is 0 Å². The summed E-state index contributed by atoms with van der Waals surface area (Å²) in [5.74, 6) is 0.356. The van der Waals surface area contributed by atoms with E-state index in [0.29, 0.717) is 11.5 Å². The third kappa shape index (κ3) is 3.50. The van der Waals surface area contributed by atoms with Gasteiger partial charge in [0, 0.05) is 32.3 Å². The summed E-state index contributed by atoms with van der Waals surface area (Å²) in [5, 5.41) is 0. The molecule has 0 saturated carbocycles. The van der Waals surface area contributed by atoms with E-state index >= 15 is 0 Å². The predicted octanol–water partition coefficient (Wildman–Crippen LogP) is 1.70. The second kappa shape index (κ2) is 7.24. The van der Waals surface area contributed by atoms with Crippen molar-refractivity contribution in [3.8, 4) is 0 Å². The molecule has 1 aromatic heterocycles. The fraction of sp³-hybridized carbons (Fsp3) is 0.750. The van der Waals surface area contributed by atoms with Gasteiger partial charge in [-0.15, -0.1) is 0 Å². The minimum atomic E-state index is -0.0268. The SMILES string of the molecule is Cc1ncoc1C(=O)N(CCN1CCCC1)C1CCOCC1. The number of amides is 1. The van der Waals surface area contributed by atoms with Crippen molar-refractivity contribution < 1.29 is 13.9 Å². The Labute approximate surface area is 131 Å². The second-order valence-electron chi connectivity index (χ2n) is 6.16. The van der Waals surface area contributed by atoms with Gasteiger partial charge in [-0.1, -0.05) is 0 Å². The lowest BCUT2D eigenvalue weighted by molar-refractivity contribution is 0.0252. The molecule has 1 amide bonds. The Morgan fingerprint density at radius 1 is 1.36 bits per heavy atom. The lowest BCUT2D eigenvalue weighted by Gasteiger charge is -2.35. The maximum Gasteiger partial charge on any atom is 0.291 e. The molecule has 0 unspecified atom stereocenters. The summed E-state index contributed by atoms with van der Waals surface area (Å²) in [4.78, 5) is 21.3. The molecule has 0 spiro atoms. The number of rotatable bonds is 5. The summed E-state index contributed by atoms with van der Waals surface area (Å²) < 4.78 is 10.8. The Morgan fingerprint density at radius 3 is 2.73 bits per heavy atom. The van der Waals surface area contributed by atoms with Crippen molar-refractivity contribution in [3.63, 3.8) is 0 Å². The smallest absolute Gasteiger partial charge is 0.291 e. The van der Waals surface area contributed by atoms with Crippen molar-refractivity contribution in [3.05, 3.63) is 17.8 Å². The quantitative estimate of drug-likeness (QED) is 0.828. The van der Waals surface area contributed by atoms with E-state index < -0.39 is 0 Å². The topological polar surface area (TPSA) is 58.8 Å². The van der Waals surface area contributed by atoms with Crippen molar-refractivity contribution in [2.75, 3.05) is 39.4 Å². The molecule has 2 fully saturated rings. The molecule has 2 saturated heterocycles. The minimum absolute atomic E-state index is 0.0268. The first-order valence-electron chi connectivity index (χ1n) is 8.27. The van der Waals surface area contributed by atoms with Crippen LogP contribution in [0.15, 0.2) is 10.8 Å². The molecule has 3 heterocycles. The molecule has 2 aliphatic rings. The number of hydrogen-bond donors (Lipinski definition) is 0. The van der Waals surface area contributed by atoms with Gasteiger partial charge < -0.3 is 19.0 Å². The summed E-state index contributed by atoms with van der Waals surface area (Å²) in [5.41, 5.74) is 0.670. The molecule has 6 nitrogen and oxygen atoms in total. The van der Waals surface area contributed by atoms with Gasteiger partial charge in [-0.3, -0.25) is 4.79 Å². The largest absolute Gasteiger partial charge is 0.438 e. The van der Waals surface area contributed by atoms with Crippen molar-refractivity contribution in [1.29, 1.82) is 0 Å². The zero-order valence-electron chi connectivity index (χ0n) is 13.3. The van der Waals surface area contributed by atoms with Gasteiger partial charge in [0.15, 0.2) is 6.39 Å². The third-order valence-corrected chi connectivity index (χ3v) is 4.69. The van der Waals surface area contributed by atoms with E-state index in [1.165, 1.54) is 19.2 Å². The van der Waals surface area contributed by atoms with E-state index in [1.54, 1.807) is 0 Å². The minimum Gasteiger partial charge on any atom is -0.438 e. The van der Waals surface area contributed by atoms with Crippen molar-refractivity contribution in [2.24, 2.45) is 0 Å². The highest BCUT2D eigenvalue weighted by Gasteiger charge is 2.30. The number of hydrogen-bond acceptors (Lipinski definition) is 5. The highest BCUT2D eigenvalue weighted by molar-refractivity contribution is 5.92. The van der Waals surface area contributed by atoms with Crippen molar-refractivity contribution >= 4 is 5.91 Å². The fourth-order valence-corrected chi connectivity index (χ4v) is 3.34. The van der Waals surface area contributed by atoms with Gasteiger partial charge in [-0.05, 0) is 45.7 Å². The first-order chi connectivity index (χ1) is 10.8. The molecule has 0 aromatic carbocycles. The Morgan fingerprint density at radius 2 is 2.09 bits per heavy atom. The van der Waals surface area contributed by atoms with Crippen LogP contribution in [0.3, 0.4) is 0 Å². The van der Waals surface area contributed by atoms with Crippen LogP contribution in [0, 0.1) is 6.92 Å². The zero-order valence-corrected chi connectivity index (χ0v) is 13.3. The molecule has 1 aromatic rings. The Balaban J connectivity index is 1.69. The molecular formula is C16H25N3O3. The third-order valence-electron chi connectivity index (χ3n) is 4.69. The number of oxazole rings is 1. The van der Waals surface area contributed by atoms with Crippen molar-refractivity contribution in [2.45, 2.75) is 38.6 Å². The average molecular weight is 307 g/mol. The number of aromatic nitrogens is 1. The summed E-state index contributed by atoms with van der Waals surface area (Å²) in [7, 11) is 0. The standard InChI is InChI=1S/C16H25N3O3/c1-13-15(22-12-17-13)16(20)19(14-4-10-21-11-5-14)9-8-18-6-2-3-7-18/h12,14H,2-11H2,1H3. The maximum absolute atomic E-state index is 12.9. The zero-order chi connectivity index (χ0) is 15.4. The van der Waals surface area contributed by atoms with Gasteiger partial charge in [0.05, 0.1) is 5.69 Å². The number of carbonyl (C=O) groups excluding carboxylic acids is 1. The summed E-state index contributed by atoms with van der Waals surface area (Å²) in [6.07, 6.45) is 5.70. The van der Waals surface area contributed by atoms with Gasteiger partial charge in [-0.25, -0.2) is 4.98 Å². The summed E-state index contributed by atoms with van der Waals surface area (Å²) in [6.45, 7) is 7.27. The van der Waals surface area contributed by atoms with E-state index in [-0.39, 0.29) is 11.9 Å². The molecule has 122 valence electrons. The molecular weight excluding hydrogens is 282 g/mol. The van der Waals surface area contributed by atoms with E-state index in [9.17, 15) is 4.79 Å². The fourth-order valence-electron chi connectivity index (χ4n) is 3.34. The second-order valence-corrected chi connectivity index (χ2v) is 6.16. The summed E-state index contributed by atoms with van der Waals surface area (Å²) in [6, 6.07) is 0.244. The van der Waals surface area contributed by atoms with Crippen LogP contribution in [-0.4, -0.2) is 66.1 Å². The molecule has 6 heteroatoms. The number of likely N-dealkylation sites (tertiary alicyclic amines) is 1. The molecule has 22 heavy (non-hydrogen) atoms. The lowest BCUT2D eigenvalue weighted by Crippen LogP contribution is -2.46. The van der Waals surface area contributed by atoms with E-state index in [0.717, 1.165) is 52.2 Å². The Bertz CT molecular complexity index is 491. The highest BCUT2D eigenvalue weighted by atomic mass is 16.5. The van der Waals surface area contributed by atoms with E-state index in [1.807, 2.05) is 11.8 Å². The molecule has 0 radical (unpaired) electrons. The number of nitrogens with zero attached hydrogens (tertiary/aromatic N) is 3. The number of aryl methyl sites for hydroxylation is 1. The summed E-state index contributed by atoms with van der Waals surface area (Å²) >= 11 is 0. The Hall–Kier alpha value is -1.40. The molecule has 3 rings (SSSR count). The highest BCUT2D eigenvalue weighted by Crippen LogP contribution is 2.19. The van der Waals surface area contributed by atoms with Gasteiger partial charge >= 0.3 is 0 Å². The average Bonchev–Trinajstić information content (AvgIpc) is 3.20. The van der Waals surface area contributed by atoms with E-state index in [2.05, 4.69) is 9.88 Å². The number of ether oxygens (including phenoxy) is 1. The first kappa shape index (κ1) is 15.5. The molecule has 0 atom stereocenters. The van der Waals surface area contributed by atoms with Crippen LogP contribution in [-0.2, 0) is 4.74 Å². The number of carbonyl (C=O) groups is 1.